The molecule has 0 bridgehead atoms. The minimum Gasteiger partial charge on any atom is -0.479 e. The zero-order chi connectivity index (χ0) is 33.6. The number of carbonyl (C=O) groups is 3. The summed E-state index contributed by atoms with van der Waals surface area (Å²) < 4.78 is 24.8. The maximum absolute atomic E-state index is 13.5. The summed E-state index contributed by atoms with van der Waals surface area (Å²) in [4.78, 5) is 37.4. The number of benzene rings is 2. The number of piperidine rings is 1. The molecule has 2 fully saturated rings. The van der Waals surface area contributed by atoms with Crippen LogP contribution in [0.3, 0.4) is 0 Å². The van der Waals surface area contributed by atoms with E-state index in [-0.39, 0.29) is 30.5 Å². The summed E-state index contributed by atoms with van der Waals surface area (Å²) in [6.45, 7) is 6.48. The van der Waals surface area contributed by atoms with Gasteiger partial charge in [0.1, 0.15) is 5.82 Å². The van der Waals surface area contributed by atoms with Crippen LogP contribution in [0.15, 0.2) is 53.7 Å². The van der Waals surface area contributed by atoms with E-state index in [1.54, 1.807) is 19.1 Å². The largest absolute Gasteiger partial charge is 0.479 e. The van der Waals surface area contributed by atoms with Crippen molar-refractivity contribution in [1.29, 1.82) is 0 Å². The van der Waals surface area contributed by atoms with Crippen molar-refractivity contribution in [3.05, 3.63) is 71.0 Å². The van der Waals surface area contributed by atoms with Crippen molar-refractivity contribution in [2.75, 3.05) is 32.8 Å². The van der Waals surface area contributed by atoms with E-state index in [1.807, 2.05) is 29.2 Å². The van der Waals surface area contributed by atoms with E-state index in [0.29, 0.717) is 12.3 Å². The number of aliphatic hydroxyl groups is 2. The SMILES string of the molecule is C/C(=N\O)c1ccc(CC(=O)N(Cc2ccc(F)cc2)C2CCN(CCC3OCCCO3)CC2)cc1.O=C(O)C(O)C(O)C(=O)O. The van der Waals surface area contributed by atoms with Crippen molar-refractivity contribution < 1.29 is 53.9 Å². The second-order valence-electron chi connectivity index (χ2n) is 11.2. The number of ether oxygens (including phenoxy) is 2. The Morgan fingerprint density at radius 1 is 0.935 bits per heavy atom. The van der Waals surface area contributed by atoms with Crippen LogP contribution in [0.25, 0.3) is 0 Å². The first kappa shape index (κ1) is 36.5. The second-order valence-corrected chi connectivity index (χ2v) is 11.2. The maximum atomic E-state index is 13.5. The standard InChI is InChI=1S/C28H36FN3O4.C4H6O6/c1-21(30-34)24-7-3-22(4-8-24)19-27(33)32(20-23-5-9-25(29)10-6-23)26-11-14-31(15-12-26)16-13-28-35-17-2-18-36-28;5-1(3(7)8)2(6)4(9)10/h3-10,26,28,34H,2,11-20H2,1H3;1-2,5-6H,(H,7,8)(H,9,10)/b30-21+;. The summed E-state index contributed by atoms with van der Waals surface area (Å²) in [6.07, 6.45) is -0.746. The van der Waals surface area contributed by atoms with Gasteiger partial charge >= 0.3 is 11.9 Å². The molecule has 2 aromatic rings. The molecule has 14 heteroatoms. The molecule has 0 aromatic heterocycles. The number of carboxylic acid groups (broad SMARTS) is 2. The average Bonchev–Trinajstić information content (AvgIpc) is 3.07. The third kappa shape index (κ3) is 11.4. The second kappa shape index (κ2) is 18.3. The van der Waals surface area contributed by atoms with Crippen LogP contribution < -0.4 is 0 Å². The highest BCUT2D eigenvalue weighted by Crippen LogP contribution is 2.22. The summed E-state index contributed by atoms with van der Waals surface area (Å²) in [7, 11) is 0. The first-order chi connectivity index (χ1) is 22.0. The lowest BCUT2D eigenvalue weighted by atomic mass is 10.00. The lowest BCUT2D eigenvalue weighted by Crippen LogP contribution is -2.48. The van der Waals surface area contributed by atoms with Gasteiger partial charge in [-0.1, -0.05) is 41.6 Å². The number of halogens is 1. The molecule has 13 nitrogen and oxygen atoms in total. The molecule has 2 aromatic carbocycles. The highest BCUT2D eigenvalue weighted by molar-refractivity contribution is 5.98. The Hall–Kier alpha value is -3.95. The summed E-state index contributed by atoms with van der Waals surface area (Å²) in [5.41, 5.74) is 3.17. The van der Waals surface area contributed by atoms with Crippen LogP contribution in [0.5, 0.6) is 0 Å². The van der Waals surface area contributed by atoms with Crippen molar-refractivity contribution in [2.45, 2.75) is 70.1 Å². The van der Waals surface area contributed by atoms with Crippen LogP contribution in [-0.2, 0) is 36.8 Å². The zero-order valence-corrected chi connectivity index (χ0v) is 25.7. The average molecular weight is 648 g/mol. The number of oxime groups is 1. The van der Waals surface area contributed by atoms with Gasteiger partial charge < -0.3 is 44.9 Å². The van der Waals surface area contributed by atoms with Gasteiger partial charge in [0.05, 0.1) is 25.3 Å². The molecule has 46 heavy (non-hydrogen) atoms. The van der Waals surface area contributed by atoms with Crippen LogP contribution in [-0.4, -0.2) is 116 Å². The molecule has 2 saturated heterocycles. The maximum Gasteiger partial charge on any atom is 0.335 e. The zero-order valence-electron chi connectivity index (χ0n) is 25.7. The van der Waals surface area contributed by atoms with E-state index in [0.717, 1.165) is 75.2 Å². The number of carbonyl (C=O) groups excluding carboxylic acids is 1. The molecule has 2 aliphatic heterocycles. The third-order valence-corrected chi connectivity index (χ3v) is 7.84. The summed E-state index contributed by atoms with van der Waals surface area (Å²) in [6, 6.07) is 14.0. The van der Waals surface area contributed by atoms with Crippen molar-refractivity contribution in [3.63, 3.8) is 0 Å². The van der Waals surface area contributed by atoms with Crippen LogP contribution >= 0.6 is 0 Å². The van der Waals surface area contributed by atoms with Crippen LogP contribution in [0.1, 0.15) is 49.3 Å². The molecule has 2 aliphatic rings. The Labute approximate surface area is 266 Å². The number of hydrogen-bond acceptors (Lipinski definition) is 10. The van der Waals surface area contributed by atoms with Crippen LogP contribution in [0.4, 0.5) is 4.39 Å². The fourth-order valence-corrected chi connectivity index (χ4v) is 5.12. The number of carboxylic acids is 2. The minimum atomic E-state index is -2.27. The summed E-state index contributed by atoms with van der Waals surface area (Å²) in [5.74, 6) is -3.76. The van der Waals surface area contributed by atoms with Crippen molar-refractivity contribution in [2.24, 2.45) is 5.16 Å². The van der Waals surface area contributed by atoms with Crippen molar-refractivity contribution in [3.8, 4) is 0 Å². The third-order valence-electron chi connectivity index (χ3n) is 7.84. The lowest BCUT2D eigenvalue weighted by molar-refractivity contribution is -0.183. The monoisotopic (exact) mass is 647 g/mol. The summed E-state index contributed by atoms with van der Waals surface area (Å²) >= 11 is 0. The number of aliphatic carboxylic acids is 2. The predicted octanol–water partition coefficient (Wildman–Crippen LogP) is 2.09. The molecular formula is C32H42FN3O10. The first-order valence-electron chi connectivity index (χ1n) is 15.1. The van der Waals surface area contributed by atoms with E-state index in [2.05, 4.69) is 10.1 Å². The van der Waals surface area contributed by atoms with E-state index in [4.69, 9.17) is 35.1 Å². The predicted molar refractivity (Wildman–Crippen MR) is 163 cm³/mol. The van der Waals surface area contributed by atoms with Gasteiger partial charge in [-0.25, -0.2) is 14.0 Å². The van der Waals surface area contributed by atoms with E-state index in [1.165, 1.54) is 12.1 Å². The molecule has 2 atom stereocenters. The van der Waals surface area contributed by atoms with E-state index >= 15 is 0 Å². The van der Waals surface area contributed by atoms with Crippen LogP contribution in [0, 0.1) is 5.82 Å². The quantitative estimate of drug-likeness (QED) is 0.129. The number of rotatable bonds is 12. The first-order valence-corrected chi connectivity index (χ1v) is 15.1. The highest BCUT2D eigenvalue weighted by atomic mass is 19.1. The minimum absolute atomic E-state index is 0.0575. The molecule has 2 heterocycles. The molecule has 2 unspecified atom stereocenters. The molecule has 0 radical (unpaired) electrons. The van der Waals surface area contributed by atoms with Crippen LogP contribution in [0.2, 0.25) is 0 Å². The molecule has 0 saturated carbocycles. The van der Waals surface area contributed by atoms with Gasteiger partial charge in [-0.3, -0.25) is 4.79 Å². The Morgan fingerprint density at radius 2 is 1.48 bits per heavy atom. The number of amides is 1. The fraction of sp³-hybridized carbons (Fsp3) is 0.500. The number of nitrogens with zero attached hydrogens (tertiary/aromatic N) is 3. The van der Waals surface area contributed by atoms with Crippen molar-refractivity contribution in [1.82, 2.24) is 9.80 Å². The van der Waals surface area contributed by atoms with E-state index in [9.17, 15) is 18.8 Å². The number of aliphatic hydroxyl groups excluding tert-OH is 2. The molecule has 1 amide bonds. The molecule has 0 aliphatic carbocycles. The van der Waals surface area contributed by atoms with Gasteiger partial charge in [-0.2, -0.15) is 0 Å². The van der Waals surface area contributed by atoms with E-state index < -0.39 is 24.1 Å². The van der Waals surface area contributed by atoms with Gasteiger partial charge in [-0.05, 0) is 55.0 Å². The van der Waals surface area contributed by atoms with Gasteiger partial charge in [0.2, 0.25) is 5.91 Å². The number of hydrogen-bond donors (Lipinski definition) is 5. The van der Waals surface area contributed by atoms with Gasteiger partial charge in [0.15, 0.2) is 18.5 Å². The van der Waals surface area contributed by atoms with Crippen molar-refractivity contribution >= 4 is 23.6 Å². The molecular weight excluding hydrogens is 605 g/mol. The Bertz CT molecular complexity index is 1280. The number of likely N-dealkylation sites (tertiary alicyclic amines) is 1. The topological polar surface area (TPSA) is 190 Å². The smallest absolute Gasteiger partial charge is 0.335 e. The lowest BCUT2D eigenvalue weighted by Gasteiger charge is -2.39. The van der Waals surface area contributed by atoms with Gasteiger partial charge in [0.25, 0.3) is 0 Å². The molecule has 252 valence electrons. The molecule has 5 N–H and O–H groups in total. The summed E-state index contributed by atoms with van der Waals surface area (Å²) in [5, 5.41) is 44.7. The molecule has 4 rings (SSSR count). The highest BCUT2D eigenvalue weighted by Gasteiger charge is 2.30. The Kier molecular flexibility index (Phi) is 14.5. The Balaban J connectivity index is 0.000000498. The van der Waals surface area contributed by atoms with Gasteiger partial charge in [0, 0.05) is 38.6 Å². The molecule has 0 spiro atoms. The fourth-order valence-electron chi connectivity index (χ4n) is 5.12. The van der Waals surface area contributed by atoms with Gasteiger partial charge in [-0.15, -0.1) is 0 Å². The Morgan fingerprint density at radius 3 is 2.00 bits per heavy atom. The normalized spacial score (nSPS) is 17.8.